The van der Waals surface area contributed by atoms with Gasteiger partial charge in [-0.25, -0.2) is 0 Å². The summed E-state index contributed by atoms with van der Waals surface area (Å²) < 4.78 is 6.22. The molecule has 3 atom stereocenters. The predicted octanol–water partition coefficient (Wildman–Crippen LogP) is 3.19. The molecule has 0 aromatic rings. The Morgan fingerprint density at radius 2 is 2.05 bits per heavy atom. The molecule has 122 valence electrons. The van der Waals surface area contributed by atoms with Crippen molar-refractivity contribution in [3.8, 4) is 0 Å². The van der Waals surface area contributed by atoms with Gasteiger partial charge in [0.25, 0.3) is 0 Å². The molecule has 3 unspecified atom stereocenters. The van der Waals surface area contributed by atoms with E-state index in [-0.39, 0.29) is 5.60 Å². The van der Waals surface area contributed by atoms with Gasteiger partial charge in [0.15, 0.2) is 0 Å². The topological polar surface area (TPSA) is 24.5 Å². The van der Waals surface area contributed by atoms with E-state index < -0.39 is 0 Å². The van der Waals surface area contributed by atoms with Crippen LogP contribution >= 0.6 is 0 Å². The van der Waals surface area contributed by atoms with Gasteiger partial charge in [-0.2, -0.15) is 0 Å². The molecule has 1 N–H and O–H groups in total. The quantitative estimate of drug-likeness (QED) is 0.862. The number of nitrogens with one attached hydrogen (secondary N) is 1. The van der Waals surface area contributed by atoms with Crippen LogP contribution in [0.3, 0.4) is 0 Å². The van der Waals surface area contributed by atoms with Crippen LogP contribution in [0.2, 0.25) is 0 Å². The largest absolute Gasteiger partial charge is 0.375 e. The molecule has 3 heteroatoms. The van der Waals surface area contributed by atoms with Crippen molar-refractivity contribution in [3.05, 3.63) is 0 Å². The highest BCUT2D eigenvalue weighted by molar-refractivity contribution is 4.95. The standard InChI is InChI=1S/C18H34N2O/c1-3-19-15(2)16-7-6-11-20(14-16)17-8-12-21-18(13-17)9-4-5-10-18/h15-17,19H,3-14H2,1-2H3. The first-order valence-corrected chi connectivity index (χ1v) is 9.34. The van der Waals surface area contributed by atoms with E-state index >= 15 is 0 Å². The van der Waals surface area contributed by atoms with Gasteiger partial charge in [-0.05, 0) is 64.5 Å². The molecule has 3 nitrogen and oxygen atoms in total. The molecule has 0 aromatic carbocycles. The maximum atomic E-state index is 6.22. The molecule has 0 amide bonds. The Kier molecular flexibility index (Phi) is 5.23. The molecule has 21 heavy (non-hydrogen) atoms. The summed E-state index contributed by atoms with van der Waals surface area (Å²) in [4.78, 5) is 2.81. The highest BCUT2D eigenvalue weighted by atomic mass is 16.5. The Morgan fingerprint density at radius 1 is 1.24 bits per heavy atom. The molecule has 2 aliphatic heterocycles. The average molecular weight is 294 g/mol. The zero-order valence-corrected chi connectivity index (χ0v) is 14.1. The Bertz CT molecular complexity index is 327. The van der Waals surface area contributed by atoms with Gasteiger partial charge >= 0.3 is 0 Å². The number of ether oxygens (including phenoxy) is 1. The van der Waals surface area contributed by atoms with Crippen molar-refractivity contribution in [3.63, 3.8) is 0 Å². The Hall–Kier alpha value is -0.120. The molecular weight excluding hydrogens is 260 g/mol. The minimum Gasteiger partial charge on any atom is -0.375 e. The minimum absolute atomic E-state index is 0.267. The summed E-state index contributed by atoms with van der Waals surface area (Å²) >= 11 is 0. The number of piperidine rings is 1. The molecule has 3 aliphatic rings. The molecule has 3 rings (SSSR count). The summed E-state index contributed by atoms with van der Waals surface area (Å²) in [6.45, 7) is 9.30. The summed E-state index contributed by atoms with van der Waals surface area (Å²) in [6.07, 6.45) is 10.7. The van der Waals surface area contributed by atoms with Crippen molar-refractivity contribution in [2.75, 3.05) is 26.2 Å². The van der Waals surface area contributed by atoms with E-state index in [0.29, 0.717) is 6.04 Å². The van der Waals surface area contributed by atoms with Gasteiger partial charge in [0.05, 0.1) is 5.60 Å². The fourth-order valence-corrected chi connectivity index (χ4v) is 4.95. The monoisotopic (exact) mass is 294 g/mol. The molecule has 1 spiro atoms. The Balaban J connectivity index is 1.58. The molecule has 1 saturated carbocycles. The molecule has 1 aliphatic carbocycles. The molecular formula is C18H34N2O. The van der Waals surface area contributed by atoms with Gasteiger partial charge in [-0.3, -0.25) is 4.90 Å². The SMILES string of the molecule is CCNC(C)C1CCCN(C2CCOC3(CCCC3)C2)C1. The minimum atomic E-state index is 0.267. The predicted molar refractivity (Wildman–Crippen MR) is 87.6 cm³/mol. The van der Waals surface area contributed by atoms with Gasteiger partial charge in [0, 0.05) is 25.2 Å². The van der Waals surface area contributed by atoms with Gasteiger partial charge in [-0.15, -0.1) is 0 Å². The normalized spacial score (nSPS) is 35.1. The van der Waals surface area contributed by atoms with Crippen LogP contribution < -0.4 is 5.32 Å². The van der Waals surface area contributed by atoms with E-state index in [1.165, 1.54) is 64.5 Å². The van der Waals surface area contributed by atoms with E-state index in [4.69, 9.17) is 4.74 Å². The van der Waals surface area contributed by atoms with Crippen LogP contribution in [0.25, 0.3) is 0 Å². The van der Waals surface area contributed by atoms with Crippen LogP contribution in [0, 0.1) is 5.92 Å². The summed E-state index contributed by atoms with van der Waals surface area (Å²) in [7, 11) is 0. The third-order valence-corrected chi connectivity index (χ3v) is 6.22. The molecule has 2 heterocycles. The van der Waals surface area contributed by atoms with E-state index in [2.05, 4.69) is 24.1 Å². The molecule has 3 fully saturated rings. The molecule has 0 radical (unpaired) electrons. The van der Waals surface area contributed by atoms with Crippen LogP contribution in [-0.4, -0.2) is 48.8 Å². The zero-order chi connectivity index (χ0) is 14.7. The Morgan fingerprint density at radius 3 is 2.81 bits per heavy atom. The summed E-state index contributed by atoms with van der Waals surface area (Å²) in [6, 6.07) is 1.45. The summed E-state index contributed by atoms with van der Waals surface area (Å²) in [5.41, 5.74) is 0.267. The zero-order valence-electron chi connectivity index (χ0n) is 14.1. The molecule has 0 bridgehead atoms. The molecule has 0 aromatic heterocycles. The van der Waals surface area contributed by atoms with Gasteiger partial charge < -0.3 is 10.1 Å². The van der Waals surface area contributed by atoms with Crippen molar-refractivity contribution >= 4 is 0 Å². The maximum absolute atomic E-state index is 6.22. The lowest BCUT2D eigenvalue weighted by molar-refractivity contribution is -0.106. The third kappa shape index (κ3) is 3.62. The Labute approximate surface area is 130 Å². The van der Waals surface area contributed by atoms with Gasteiger partial charge in [-0.1, -0.05) is 19.8 Å². The highest BCUT2D eigenvalue weighted by Crippen LogP contribution is 2.41. The first-order chi connectivity index (χ1) is 10.2. The van der Waals surface area contributed by atoms with Crippen LogP contribution in [0.4, 0.5) is 0 Å². The smallest absolute Gasteiger partial charge is 0.0697 e. The lowest BCUT2D eigenvalue weighted by Gasteiger charge is -2.46. The number of hydrogen-bond donors (Lipinski definition) is 1. The van der Waals surface area contributed by atoms with Crippen molar-refractivity contribution in [2.24, 2.45) is 5.92 Å². The average Bonchev–Trinajstić information content (AvgIpc) is 2.95. The van der Waals surface area contributed by atoms with Crippen LogP contribution in [-0.2, 0) is 4.74 Å². The second-order valence-corrected chi connectivity index (χ2v) is 7.63. The van der Waals surface area contributed by atoms with E-state index in [9.17, 15) is 0 Å². The fraction of sp³-hybridized carbons (Fsp3) is 1.00. The lowest BCUT2D eigenvalue weighted by Crippen LogP contribution is -2.52. The van der Waals surface area contributed by atoms with Crippen LogP contribution in [0.5, 0.6) is 0 Å². The van der Waals surface area contributed by atoms with Crippen molar-refractivity contribution in [1.29, 1.82) is 0 Å². The first-order valence-electron chi connectivity index (χ1n) is 9.34. The second kappa shape index (κ2) is 6.97. The van der Waals surface area contributed by atoms with E-state index in [1.54, 1.807) is 0 Å². The fourth-order valence-electron chi connectivity index (χ4n) is 4.95. The van der Waals surface area contributed by atoms with Crippen LogP contribution in [0.15, 0.2) is 0 Å². The molecule has 2 saturated heterocycles. The second-order valence-electron chi connectivity index (χ2n) is 7.63. The third-order valence-electron chi connectivity index (χ3n) is 6.22. The highest BCUT2D eigenvalue weighted by Gasteiger charge is 2.42. The lowest BCUT2D eigenvalue weighted by atomic mass is 9.85. The van der Waals surface area contributed by atoms with E-state index in [1.807, 2.05) is 0 Å². The van der Waals surface area contributed by atoms with Crippen LogP contribution in [0.1, 0.15) is 65.2 Å². The summed E-state index contributed by atoms with van der Waals surface area (Å²) in [5, 5.41) is 3.64. The van der Waals surface area contributed by atoms with Crippen molar-refractivity contribution in [1.82, 2.24) is 10.2 Å². The summed E-state index contributed by atoms with van der Waals surface area (Å²) in [5.74, 6) is 0.834. The first kappa shape index (κ1) is 15.8. The number of nitrogens with zero attached hydrogens (tertiary/aromatic N) is 1. The number of rotatable bonds is 4. The van der Waals surface area contributed by atoms with Gasteiger partial charge in [0.1, 0.15) is 0 Å². The maximum Gasteiger partial charge on any atom is 0.0697 e. The van der Waals surface area contributed by atoms with Crippen molar-refractivity contribution in [2.45, 2.75) is 82.9 Å². The number of hydrogen-bond acceptors (Lipinski definition) is 3. The number of likely N-dealkylation sites (tertiary alicyclic amines) is 1. The van der Waals surface area contributed by atoms with Crippen molar-refractivity contribution < 1.29 is 4.74 Å². The van der Waals surface area contributed by atoms with Gasteiger partial charge in [0.2, 0.25) is 0 Å². The van der Waals surface area contributed by atoms with E-state index in [0.717, 1.165) is 25.1 Å².